The molecule has 0 bridgehead atoms. The number of quaternary nitrogens is 1. The molecule has 0 saturated carbocycles. The van der Waals surface area contributed by atoms with Crippen molar-refractivity contribution in [3.63, 3.8) is 0 Å². The van der Waals surface area contributed by atoms with Gasteiger partial charge in [0.1, 0.15) is 0 Å². The molecule has 3 atom stereocenters. The Morgan fingerprint density at radius 1 is 0.667 bits per heavy atom. The van der Waals surface area contributed by atoms with Gasteiger partial charge in [0.15, 0.2) is 0 Å². The first-order valence-corrected chi connectivity index (χ1v) is 14.2. The van der Waals surface area contributed by atoms with Crippen molar-refractivity contribution in [1.82, 2.24) is 0 Å². The van der Waals surface area contributed by atoms with Crippen LogP contribution in [0.5, 0.6) is 0 Å². The quantitative estimate of drug-likeness (QED) is 0.104. The highest BCUT2D eigenvalue weighted by molar-refractivity contribution is 5.69. The van der Waals surface area contributed by atoms with Crippen molar-refractivity contribution < 1.29 is 34.2 Å². The molecule has 0 fully saturated rings. The van der Waals surface area contributed by atoms with E-state index in [0.717, 1.165) is 45.1 Å². The fourth-order valence-electron chi connectivity index (χ4n) is 4.43. The zero-order valence-electron chi connectivity index (χ0n) is 23.4. The lowest BCUT2D eigenvalue weighted by Crippen LogP contribution is -2.52. The highest BCUT2D eigenvalue weighted by Crippen LogP contribution is 2.21. The van der Waals surface area contributed by atoms with Gasteiger partial charge in [0, 0.05) is 31.1 Å². The van der Waals surface area contributed by atoms with Crippen molar-refractivity contribution in [1.29, 1.82) is 0 Å². The summed E-state index contributed by atoms with van der Waals surface area (Å²) >= 11 is 0. The molecule has 7 heteroatoms. The van der Waals surface area contributed by atoms with E-state index in [4.69, 9.17) is 0 Å². The van der Waals surface area contributed by atoms with Crippen LogP contribution in [0, 0.1) is 17.8 Å². The van der Waals surface area contributed by atoms with E-state index < -0.39 is 35.7 Å². The van der Waals surface area contributed by atoms with E-state index in [2.05, 4.69) is 19.1 Å². The number of hydrogen-bond donors (Lipinski definition) is 2. The first-order chi connectivity index (χ1) is 17.0. The zero-order chi connectivity index (χ0) is 27.4. The lowest BCUT2D eigenvalue weighted by Gasteiger charge is -2.41. The van der Waals surface area contributed by atoms with Crippen LogP contribution >= 0.6 is 0 Å². The standard InChI is InChI=1S/C29H53NO6/c1-5-6-7-8-9-10-11-12-13-14-15-16-20-30(21-17-24(2)27(31)32,22-18-25(3)28(33)34)23-19-26(4)29(35)36/h10-11,24-26H,5-9,12-23H2,1-4H3,(H2-,31,32,33,34,35,36)/b11-10+. The van der Waals surface area contributed by atoms with Gasteiger partial charge in [0.05, 0.1) is 38.0 Å². The second-order valence-electron chi connectivity index (χ2n) is 10.8. The maximum atomic E-state index is 11.4. The average molecular weight is 512 g/mol. The molecule has 0 spiro atoms. The monoisotopic (exact) mass is 511 g/mol. The molecule has 0 aliphatic heterocycles. The third kappa shape index (κ3) is 16.7. The van der Waals surface area contributed by atoms with Crippen LogP contribution < -0.4 is 5.11 Å². The molecule has 210 valence electrons. The number of rotatable bonds is 24. The molecular formula is C29H53NO6. The Labute approximate surface area is 219 Å². The molecule has 0 saturated heterocycles. The normalized spacial score (nSPS) is 15.9. The van der Waals surface area contributed by atoms with Crippen LogP contribution in [0.2, 0.25) is 0 Å². The minimum atomic E-state index is -1.08. The highest BCUT2D eigenvalue weighted by Gasteiger charge is 2.30. The summed E-state index contributed by atoms with van der Waals surface area (Å²) in [4.78, 5) is 34.2. The van der Waals surface area contributed by atoms with Gasteiger partial charge in [-0.1, -0.05) is 65.5 Å². The predicted molar refractivity (Wildman–Crippen MR) is 142 cm³/mol. The van der Waals surface area contributed by atoms with Gasteiger partial charge in [-0.2, -0.15) is 0 Å². The third-order valence-electron chi connectivity index (χ3n) is 7.50. The van der Waals surface area contributed by atoms with Crippen molar-refractivity contribution in [2.45, 2.75) is 111 Å². The largest absolute Gasteiger partial charge is 0.550 e. The minimum Gasteiger partial charge on any atom is -0.550 e. The number of carboxylic acid groups (broad SMARTS) is 3. The second-order valence-corrected chi connectivity index (χ2v) is 10.8. The number of unbranched alkanes of at least 4 members (excludes halogenated alkanes) is 8. The number of carboxylic acids is 3. The Bertz CT molecular complexity index is 588. The Balaban J connectivity index is 4.97. The van der Waals surface area contributed by atoms with Gasteiger partial charge in [-0.3, -0.25) is 9.59 Å². The van der Waals surface area contributed by atoms with Crippen molar-refractivity contribution in [3.8, 4) is 0 Å². The molecule has 0 aliphatic carbocycles. The van der Waals surface area contributed by atoms with Crippen molar-refractivity contribution >= 4 is 17.9 Å². The molecule has 0 rings (SSSR count). The maximum absolute atomic E-state index is 11.4. The fourth-order valence-corrected chi connectivity index (χ4v) is 4.43. The maximum Gasteiger partial charge on any atom is 0.306 e. The SMILES string of the molecule is CCCCCC/C=C/CCCCCC[N+](CCC(C)C(=O)[O-])(CCC(C)C(=O)O)CCC(C)C(=O)O. The van der Waals surface area contributed by atoms with Crippen LogP contribution in [-0.4, -0.2) is 58.8 Å². The van der Waals surface area contributed by atoms with E-state index in [0.29, 0.717) is 43.4 Å². The summed E-state index contributed by atoms with van der Waals surface area (Å²) in [7, 11) is 0. The Morgan fingerprint density at radius 3 is 1.50 bits per heavy atom. The third-order valence-corrected chi connectivity index (χ3v) is 7.50. The lowest BCUT2D eigenvalue weighted by molar-refractivity contribution is -0.929. The summed E-state index contributed by atoms with van der Waals surface area (Å²) in [5.41, 5.74) is 0. The summed E-state index contributed by atoms with van der Waals surface area (Å²) in [6.07, 6.45) is 17.7. The molecule has 0 radical (unpaired) electrons. The van der Waals surface area contributed by atoms with Crippen molar-refractivity contribution in [2.75, 3.05) is 26.2 Å². The van der Waals surface area contributed by atoms with E-state index >= 15 is 0 Å². The van der Waals surface area contributed by atoms with Gasteiger partial charge in [-0.15, -0.1) is 0 Å². The highest BCUT2D eigenvalue weighted by atomic mass is 16.4. The molecule has 36 heavy (non-hydrogen) atoms. The number of nitrogens with zero attached hydrogens (tertiary/aromatic N) is 1. The van der Waals surface area contributed by atoms with E-state index in [9.17, 15) is 29.7 Å². The molecule has 0 amide bonds. The van der Waals surface area contributed by atoms with Gasteiger partial charge >= 0.3 is 11.9 Å². The minimum absolute atomic E-state index is 0.439. The summed E-state index contributed by atoms with van der Waals surface area (Å²) < 4.78 is 0.574. The van der Waals surface area contributed by atoms with Crippen LogP contribution in [0.15, 0.2) is 12.2 Å². The predicted octanol–water partition coefficient (Wildman–Crippen LogP) is 5.28. The summed E-state index contributed by atoms with van der Waals surface area (Å²) in [6.45, 7) is 9.87. The molecule has 0 aromatic carbocycles. The number of allylic oxidation sites excluding steroid dienone is 2. The summed E-state index contributed by atoms with van der Waals surface area (Å²) in [6, 6.07) is 0. The van der Waals surface area contributed by atoms with Crippen LogP contribution in [0.25, 0.3) is 0 Å². The molecule has 7 nitrogen and oxygen atoms in total. The topological polar surface area (TPSA) is 115 Å². The van der Waals surface area contributed by atoms with Gasteiger partial charge in [0.25, 0.3) is 0 Å². The van der Waals surface area contributed by atoms with E-state index in [-0.39, 0.29) is 0 Å². The Morgan fingerprint density at radius 2 is 1.08 bits per heavy atom. The first kappa shape index (κ1) is 34.1. The second kappa shape index (κ2) is 20.2. The van der Waals surface area contributed by atoms with Gasteiger partial charge in [-0.25, -0.2) is 0 Å². The lowest BCUT2D eigenvalue weighted by atomic mass is 10.0. The number of aliphatic carboxylic acids is 3. The number of hydrogen-bond acceptors (Lipinski definition) is 4. The molecule has 0 heterocycles. The molecule has 2 N–H and O–H groups in total. The average Bonchev–Trinajstić information content (AvgIpc) is 2.84. The van der Waals surface area contributed by atoms with Crippen molar-refractivity contribution in [2.24, 2.45) is 17.8 Å². The molecule has 0 aliphatic rings. The van der Waals surface area contributed by atoms with Crippen molar-refractivity contribution in [3.05, 3.63) is 12.2 Å². The Hall–Kier alpha value is -1.89. The first-order valence-electron chi connectivity index (χ1n) is 14.2. The van der Waals surface area contributed by atoms with E-state index in [1.807, 2.05) is 0 Å². The van der Waals surface area contributed by atoms with Gasteiger partial charge < -0.3 is 24.6 Å². The molecule has 3 unspecified atom stereocenters. The van der Waals surface area contributed by atoms with Crippen LogP contribution in [0.4, 0.5) is 0 Å². The van der Waals surface area contributed by atoms with Crippen LogP contribution in [0.1, 0.15) is 111 Å². The molecule has 0 aromatic rings. The van der Waals surface area contributed by atoms with Gasteiger partial charge in [0.2, 0.25) is 0 Å². The zero-order valence-corrected chi connectivity index (χ0v) is 23.4. The van der Waals surface area contributed by atoms with Crippen LogP contribution in [-0.2, 0) is 14.4 Å². The van der Waals surface area contributed by atoms with E-state index in [1.165, 1.54) is 25.7 Å². The summed E-state index contributed by atoms with van der Waals surface area (Å²) in [5, 5.41) is 30.1. The van der Waals surface area contributed by atoms with Gasteiger partial charge in [-0.05, 0) is 38.5 Å². The smallest absolute Gasteiger partial charge is 0.306 e. The Kier molecular flexibility index (Phi) is 19.1. The number of carbonyl (C=O) groups excluding carboxylic acids is 1. The molecule has 0 aromatic heterocycles. The number of carbonyl (C=O) groups is 3. The molecular weight excluding hydrogens is 458 g/mol. The fraction of sp³-hybridized carbons (Fsp3) is 0.828. The summed E-state index contributed by atoms with van der Waals surface area (Å²) in [5.74, 6) is -4.34. The van der Waals surface area contributed by atoms with Crippen LogP contribution in [0.3, 0.4) is 0 Å². The van der Waals surface area contributed by atoms with E-state index in [1.54, 1.807) is 20.8 Å².